The van der Waals surface area contributed by atoms with Crippen molar-refractivity contribution in [2.24, 2.45) is 0 Å². The molecular formula is CH5NO3S2. The van der Waals surface area contributed by atoms with Crippen LogP contribution in [0.5, 0.6) is 0 Å². The zero-order chi connectivity index (χ0) is 6.08. The number of nitrogens with zero attached hydrogens (tertiary/aromatic N) is 1. The molecule has 0 aromatic carbocycles. The minimum absolute atomic E-state index is 0.146. The van der Waals surface area contributed by atoms with E-state index in [4.69, 9.17) is 5.21 Å². The summed E-state index contributed by atoms with van der Waals surface area (Å²) in [4.78, 5) is 0. The second-order valence-electron chi connectivity index (χ2n) is 0.986. The second kappa shape index (κ2) is 1.99. The van der Waals surface area contributed by atoms with Gasteiger partial charge in [0.05, 0.1) is 6.26 Å². The Morgan fingerprint density at radius 2 is 1.86 bits per heavy atom. The monoisotopic (exact) mass is 143 g/mol. The lowest BCUT2D eigenvalue weighted by Gasteiger charge is -1.98. The van der Waals surface area contributed by atoms with Crippen LogP contribution in [0.3, 0.4) is 0 Å². The van der Waals surface area contributed by atoms with Gasteiger partial charge in [0.2, 0.25) is 10.0 Å². The number of rotatable bonds is 1. The highest BCUT2D eigenvalue weighted by molar-refractivity contribution is 7.99. The number of sulfonamides is 1. The first-order valence-corrected chi connectivity index (χ1v) is 3.57. The topological polar surface area (TPSA) is 57.6 Å². The molecule has 0 aromatic heterocycles. The van der Waals surface area contributed by atoms with Crippen LogP contribution in [0.4, 0.5) is 0 Å². The Hall–Kier alpha value is 0.220. The van der Waals surface area contributed by atoms with Gasteiger partial charge in [-0.3, -0.25) is 5.21 Å². The molecule has 6 heteroatoms. The second-order valence-corrected chi connectivity index (χ2v) is 3.45. The molecule has 0 rings (SSSR count). The lowest BCUT2D eigenvalue weighted by atomic mass is 12.0. The quantitative estimate of drug-likeness (QED) is 0.383. The van der Waals surface area contributed by atoms with E-state index in [-0.39, 0.29) is 3.87 Å². The summed E-state index contributed by atoms with van der Waals surface area (Å²) in [6, 6.07) is 0. The molecule has 0 saturated carbocycles. The molecule has 0 aliphatic carbocycles. The Morgan fingerprint density at radius 1 is 1.71 bits per heavy atom. The first-order valence-electron chi connectivity index (χ1n) is 1.32. The summed E-state index contributed by atoms with van der Waals surface area (Å²) in [5.74, 6) is 0. The average molecular weight is 143 g/mol. The normalized spacial score (nSPS) is 12.6. The molecule has 44 valence electrons. The van der Waals surface area contributed by atoms with E-state index >= 15 is 0 Å². The van der Waals surface area contributed by atoms with E-state index in [1.165, 1.54) is 0 Å². The molecule has 0 saturated heterocycles. The van der Waals surface area contributed by atoms with Crippen LogP contribution in [0, 0.1) is 0 Å². The van der Waals surface area contributed by atoms with Gasteiger partial charge in [0.25, 0.3) is 0 Å². The zero-order valence-electron chi connectivity index (χ0n) is 3.57. The maximum atomic E-state index is 9.93. The van der Waals surface area contributed by atoms with E-state index in [0.717, 1.165) is 6.26 Å². The van der Waals surface area contributed by atoms with E-state index in [0.29, 0.717) is 0 Å². The predicted octanol–water partition coefficient (Wildman–Crippen LogP) is -0.518. The van der Waals surface area contributed by atoms with E-state index in [1.54, 1.807) is 0 Å². The summed E-state index contributed by atoms with van der Waals surface area (Å²) in [7, 11) is -3.49. The van der Waals surface area contributed by atoms with Gasteiger partial charge in [0.15, 0.2) is 0 Å². The van der Waals surface area contributed by atoms with Crippen molar-refractivity contribution in [3.63, 3.8) is 0 Å². The van der Waals surface area contributed by atoms with E-state index in [2.05, 4.69) is 12.8 Å². The molecular weight excluding hydrogens is 138 g/mol. The Morgan fingerprint density at radius 3 is 1.86 bits per heavy atom. The Balaban J connectivity index is 4.10. The molecule has 0 amide bonds. The molecule has 0 bridgehead atoms. The van der Waals surface area contributed by atoms with Gasteiger partial charge in [-0.1, -0.05) is 12.8 Å². The van der Waals surface area contributed by atoms with Gasteiger partial charge in [0, 0.05) is 0 Å². The van der Waals surface area contributed by atoms with Crippen molar-refractivity contribution < 1.29 is 13.6 Å². The Labute approximate surface area is 47.3 Å². The van der Waals surface area contributed by atoms with Crippen molar-refractivity contribution in [2.75, 3.05) is 6.26 Å². The van der Waals surface area contributed by atoms with E-state index < -0.39 is 10.0 Å². The SMILES string of the molecule is CS(=O)(=O)N(O)S. The van der Waals surface area contributed by atoms with Crippen LogP contribution in [0.2, 0.25) is 0 Å². The van der Waals surface area contributed by atoms with Crippen LogP contribution in [-0.2, 0) is 10.0 Å². The molecule has 0 spiro atoms. The number of hydrogen-bond acceptors (Lipinski definition) is 4. The molecule has 0 heterocycles. The summed E-state index contributed by atoms with van der Waals surface area (Å²) in [5, 5.41) is 8.00. The van der Waals surface area contributed by atoms with Gasteiger partial charge < -0.3 is 0 Å². The molecule has 0 fully saturated rings. The molecule has 0 radical (unpaired) electrons. The molecule has 7 heavy (non-hydrogen) atoms. The minimum Gasteiger partial charge on any atom is -0.289 e. The fourth-order valence-electron chi connectivity index (χ4n) is 0. The van der Waals surface area contributed by atoms with Crippen LogP contribution in [0.15, 0.2) is 0 Å². The maximum Gasteiger partial charge on any atom is 0.242 e. The maximum absolute atomic E-state index is 9.93. The van der Waals surface area contributed by atoms with Crippen molar-refractivity contribution in [1.29, 1.82) is 0 Å². The Bertz CT molecular complexity index is 135. The number of thiol groups is 1. The van der Waals surface area contributed by atoms with Gasteiger partial charge in [-0.25, -0.2) is 8.42 Å². The van der Waals surface area contributed by atoms with E-state index in [9.17, 15) is 8.42 Å². The van der Waals surface area contributed by atoms with Crippen molar-refractivity contribution >= 4 is 22.8 Å². The van der Waals surface area contributed by atoms with Crippen LogP contribution in [0.1, 0.15) is 0 Å². The summed E-state index contributed by atoms with van der Waals surface area (Å²) < 4.78 is 19.7. The zero-order valence-corrected chi connectivity index (χ0v) is 5.28. The predicted molar refractivity (Wildman–Crippen MR) is 27.5 cm³/mol. The van der Waals surface area contributed by atoms with Gasteiger partial charge >= 0.3 is 0 Å². The molecule has 0 aliphatic heterocycles. The number of hydrogen-bond donors (Lipinski definition) is 2. The molecule has 1 N–H and O–H groups in total. The smallest absolute Gasteiger partial charge is 0.242 e. The van der Waals surface area contributed by atoms with Crippen LogP contribution in [-0.4, -0.2) is 23.8 Å². The third-order valence-corrected chi connectivity index (χ3v) is 1.78. The van der Waals surface area contributed by atoms with Crippen LogP contribution < -0.4 is 0 Å². The first-order chi connectivity index (χ1) is 2.94. The van der Waals surface area contributed by atoms with Crippen LogP contribution in [0.25, 0.3) is 0 Å². The Kier molecular flexibility index (Phi) is 2.06. The van der Waals surface area contributed by atoms with Gasteiger partial charge in [0.1, 0.15) is 0 Å². The fourth-order valence-corrected chi connectivity index (χ4v) is 0. The molecule has 0 unspecified atom stereocenters. The lowest BCUT2D eigenvalue weighted by Crippen LogP contribution is -2.14. The third-order valence-electron chi connectivity index (χ3n) is 0.297. The first kappa shape index (κ1) is 7.22. The highest BCUT2D eigenvalue weighted by Crippen LogP contribution is 1.92. The summed E-state index contributed by atoms with van der Waals surface area (Å²) >= 11 is 3.08. The van der Waals surface area contributed by atoms with Crippen molar-refractivity contribution in [1.82, 2.24) is 3.87 Å². The summed E-state index contributed by atoms with van der Waals surface area (Å²) in [6.45, 7) is 0. The fraction of sp³-hybridized carbons (Fsp3) is 1.00. The lowest BCUT2D eigenvalue weighted by molar-refractivity contribution is 0.113. The van der Waals surface area contributed by atoms with Gasteiger partial charge in [-0.2, -0.15) is 0 Å². The standard InChI is InChI=1S/CH5NO3S2/c1-7(4,5)2(3)6/h3,6H,1H3. The summed E-state index contributed by atoms with van der Waals surface area (Å²) in [6.07, 6.45) is 0.833. The minimum atomic E-state index is -3.49. The average Bonchev–Trinajstić information content (AvgIpc) is 1.31. The molecule has 0 aliphatic rings. The van der Waals surface area contributed by atoms with Crippen molar-refractivity contribution in [3.05, 3.63) is 0 Å². The molecule has 4 nitrogen and oxygen atoms in total. The highest BCUT2D eigenvalue weighted by atomic mass is 32.3. The van der Waals surface area contributed by atoms with Crippen molar-refractivity contribution in [2.45, 2.75) is 0 Å². The van der Waals surface area contributed by atoms with E-state index in [1.807, 2.05) is 0 Å². The summed E-state index contributed by atoms with van der Waals surface area (Å²) in [5.41, 5.74) is 0. The highest BCUT2D eigenvalue weighted by Gasteiger charge is 2.05. The molecule has 0 atom stereocenters. The largest absolute Gasteiger partial charge is 0.289 e. The van der Waals surface area contributed by atoms with Crippen LogP contribution >= 0.6 is 12.8 Å². The van der Waals surface area contributed by atoms with Gasteiger partial charge in [-0.15, -0.1) is 0 Å². The third kappa shape index (κ3) is 2.86. The molecule has 0 aromatic rings. The van der Waals surface area contributed by atoms with Crippen molar-refractivity contribution in [3.8, 4) is 0 Å². The van der Waals surface area contributed by atoms with Gasteiger partial charge in [-0.05, 0) is 3.87 Å².